The molecule has 23 heavy (non-hydrogen) atoms. The van der Waals surface area contributed by atoms with Crippen LogP contribution in [0.3, 0.4) is 0 Å². The Hall–Kier alpha value is -1.43. The molecule has 3 aromatic rings. The van der Waals surface area contributed by atoms with Gasteiger partial charge in [0.2, 0.25) is 0 Å². The van der Waals surface area contributed by atoms with Crippen molar-refractivity contribution in [3.63, 3.8) is 0 Å². The van der Waals surface area contributed by atoms with E-state index >= 15 is 0 Å². The Labute approximate surface area is 150 Å². The molecular formula is C21H22BrP. The van der Waals surface area contributed by atoms with Gasteiger partial charge in [-0.3, -0.25) is 0 Å². The molecule has 0 aromatic heterocycles. The molecule has 0 unspecified atom stereocenters. The summed E-state index contributed by atoms with van der Waals surface area (Å²) < 4.78 is 0. The monoisotopic (exact) mass is 384 g/mol. The van der Waals surface area contributed by atoms with Crippen molar-refractivity contribution in [3.05, 3.63) is 90.5 Å². The van der Waals surface area contributed by atoms with E-state index in [0.29, 0.717) is 0 Å². The smallest absolute Gasteiger partial charge is 0.109 e. The molecule has 0 nitrogen and oxygen atoms in total. The first-order chi connectivity index (χ1) is 10.8. The van der Waals surface area contributed by atoms with E-state index in [9.17, 15) is 0 Å². The first-order valence-corrected chi connectivity index (χ1v) is 10.1. The van der Waals surface area contributed by atoms with Crippen LogP contribution in [0.25, 0.3) is 0 Å². The lowest BCUT2D eigenvalue weighted by Gasteiger charge is -2.25. The molecule has 0 bridgehead atoms. The lowest BCUT2D eigenvalue weighted by Crippen LogP contribution is -3.00. The summed E-state index contributed by atoms with van der Waals surface area (Å²) in [6, 6.07) is 30.9. The van der Waals surface area contributed by atoms with Crippen molar-refractivity contribution in [3.8, 4) is 0 Å². The van der Waals surface area contributed by atoms with Crippen LogP contribution in [0.15, 0.2) is 84.9 Å². The second-order valence-electron chi connectivity index (χ2n) is 5.66. The van der Waals surface area contributed by atoms with E-state index in [0.717, 1.165) is 6.42 Å². The minimum Gasteiger partial charge on any atom is -1.00 e. The van der Waals surface area contributed by atoms with E-state index in [1.165, 1.54) is 21.5 Å². The lowest BCUT2D eigenvalue weighted by atomic mass is 10.2. The highest BCUT2D eigenvalue weighted by Crippen LogP contribution is 2.52. The fraction of sp³-hybridized carbons (Fsp3) is 0.143. The van der Waals surface area contributed by atoms with Crippen LogP contribution in [0.4, 0.5) is 0 Å². The largest absolute Gasteiger partial charge is 1.00 e. The van der Waals surface area contributed by atoms with Crippen molar-refractivity contribution in [2.75, 3.05) is 6.66 Å². The maximum absolute atomic E-state index is 2.45. The molecule has 0 aliphatic rings. The van der Waals surface area contributed by atoms with Gasteiger partial charge in [0.25, 0.3) is 0 Å². The summed E-state index contributed by atoms with van der Waals surface area (Å²) in [6.07, 6.45) is 1.07. The van der Waals surface area contributed by atoms with Crippen molar-refractivity contribution in [2.24, 2.45) is 0 Å². The molecule has 0 spiro atoms. The molecule has 0 saturated heterocycles. The van der Waals surface area contributed by atoms with Gasteiger partial charge in [-0.25, -0.2) is 0 Å². The SMILES string of the molecule is CCc1ccccc1[P+](C)(c1ccccc1)c1ccccc1.[Br-]. The second-order valence-corrected chi connectivity index (χ2v) is 9.19. The van der Waals surface area contributed by atoms with Crippen LogP contribution in [0.1, 0.15) is 12.5 Å². The third kappa shape index (κ3) is 3.42. The summed E-state index contributed by atoms with van der Waals surface area (Å²) in [5.41, 5.74) is 1.46. The van der Waals surface area contributed by atoms with Crippen LogP contribution in [-0.2, 0) is 6.42 Å². The lowest BCUT2D eigenvalue weighted by molar-refractivity contribution is -0.00000438. The molecule has 3 rings (SSSR count). The minimum atomic E-state index is -1.58. The summed E-state index contributed by atoms with van der Waals surface area (Å²) in [7, 11) is -1.58. The minimum absolute atomic E-state index is 0. The average molecular weight is 385 g/mol. The summed E-state index contributed by atoms with van der Waals surface area (Å²) in [5.74, 6) is 0. The van der Waals surface area contributed by atoms with Crippen LogP contribution in [-0.4, -0.2) is 6.66 Å². The Balaban J connectivity index is 0.00000192. The number of aryl methyl sites for hydroxylation is 1. The number of halogens is 1. The van der Waals surface area contributed by atoms with Crippen molar-refractivity contribution in [2.45, 2.75) is 13.3 Å². The third-order valence-corrected chi connectivity index (χ3v) is 8.46. The summed E-state index contributed by atoms with van der Waals surface area (Å²) >= 11 is 0. The highest BCUT2D eigenvalue weighted by Gasteiger charge is 2.41. The normalized spacial score (nSPS) is 10.9. The molecule has 0 aliphatic carbocycles. The highest BCUT2D eigenvalue weighted by molar-refractivity contribution is 7.95. The van der Waals surface area contributed by atoms with Crippen LogP contribution in [0, 0.1) is 0 Å². The first-order valence-electron chi connectivity index (χ1n) is 7.83. The van der Waals surface area contributed by atoms with Crippen molar-refractivity contribution >= 4 is 23.2 Å². The van der Waals surface area contributed by atoms with Gasteiger partial charge >= 0.3 is 0 Å². The average Bonchev–Trinajstić information content (AvgIpc) is 2.62. The van der Waals surface area contributed by atoms with Gasteiger partial charge in [-0.05, 0) is 42.3 Å². The van der Waals surface area contributed by atoms with Gasteiger partial charge in [-0.2, -0.15) is 0 Å². The Morgan fingerprint density at radius 2 is 1.09 bits per heavy atom. The molecule has 0 atom stereocenters. The fourth-order valence-electron chi connectivity index (χ4n) is 3.13. The zero-order valence-electron chi connectivity index (χ0n) is 13.6. The zero-order chi connectivity index (χ0) is 15.4. The Kier molecular flexibility index (Phi) is 6.16. The zero-order valence-corrected chi connectivity index (χ0v) is 16.1. The van der Waals surface area contributed by atoms with Crippen LogP contribution < -0.4 is 32.9 Å². The molecule has 3 aromatic carbocycles. The number of hydrogen-bond donors (Lipinski definition) is 0. The predicted molar refractivity (Wildman–Crippen MR) is 100 cm³/mol. The topological polar surface area (TPSA) is 0 Å². The molecule has 2 heteroatoms. The van der Waals surface area contributed by atoms with Crippen molar-refractivity contribution in [1.82, 2.24) is 0 Å². The van der Waals surface area contributed by atoms with Crippen LogP contribution in [0.2, 0.25) is 0 Å². The van der Waals surface area contributed by atoms with E-state index in [1.54, 1.807) is 0 Å². The molecule has 0 fully saturated rings. The molecule has 0 N–H and O–H groups in total. The van der Waals surface area contributed by atoms with Gasteiger partial charge in [0.05, 0.1) is 6.66 Å². The summed E-state index contributed by atoms with van der Waals surface area (Å²) in [5, 5.41) is 4.40. The quantitative estimate of drug-likeness (QED) is 0.592. The predicted octanol–water partition coefficient (Wildman–Crippen LogP) is 1.18. The number of rotatable bonds is 4. The van der Waals surface area contributed by atoms with E-state index in [-0.39, 0.29) is 17.0 Å². The first kappa shape index (κ1) is 17.9. The summed E-state index contributed by atoms with van der Waals surface area (Å²) in [4.78, 5) is 0. The van der Waals surface area contributed by atoms with Crippen molar-refractivity contribution in [1.29, 1.82) is 0 Å². The molecule has 0 heterocycles. The Morgan fingerprint density at radius 1 is 0.652 bits per heavy atom. The van der Waals surface area contributed by atoms with Gasteiger partial charge in [0.15, 0.2) is 0 Å². The molecule has 118 valence electrons. The Bertz CT molecular complexity index is 699. The van der Waals surface area contributed by atoms with Crippen LogP contribution >= 0.6 is 7.26 Å². The molecule has 0 aliphatic heterocycles. The Morgan fingerprint density at radius 3 is 1.57 bits per heavy atom. The van der Waals surface area contributed by atoms with E-state index in [4.69, 9.17) is 0 Å². The third-order valence-electron chi connectivity index (χ3n) is 4.40. The molecule has 0 radical (unpaired) electrons. The van der Waals surface area contributed by atoms with Gasteiger partial charge < -0.3 is 17.0 Å². The molecular weight excluding hydrogens is 363 g/mol. The number of hydrogen-bond acceptors (Lipinski definition) is 0. The molecule has 0 amide bonds. The van der Waals surface area contributed by atoms with Crippen LogP contribution in [0.5, 0.6) is 0 Å². The van der Waals surface area contributed by atoms with Gasteiger partial charge in [-0.15, -0.1) is 0 Å². The van der Waals surface area contributed by atoms with Crippen molar-refractivity contribution < 1.29 is 17.0 Å². The maximum atomic E-state index is 2.45. The number of benzene rings is 3. The van der Waals surface area contributed by atoms with E-state index < -0.39 is 7.26 Å². The van der Waals surface area contributed by atoms with E-state index in [2.05, 4.69) is 98.5 Å². The maximum Gasteiger partial charge on any atom is 0.109 e. The second kappa shape index (κ2) is 7.90. The van der Waals surface area contributed by atoms with Gasteiger partial charge in [0, 0.05) is 0 Å². The standard InChI is InChI=1S/C21H22P.BrH/c1-3-18-12-10-11-17-21(18)22(2,19-13-6-4-7-14-19)20-15-8-5-9-16-20;/h4-17H,3H2,1-2H3;1H/q+1;/p-1. The summed E-state index contributed by atoms with van der Waals surface area (Å²) in [6.45, 7) is 4.70. The highest BCUT2D eigenvalue weighted by atomic mass is 79.9. The fourth-order valence-corrected chi connectivity index (χ4v) is 6.71. The van der Waals surface area contributed by atoms with Gasteiger partial charge in [0.1, 0.15) is 23.2 Å². The van der Waals surface area contributed by atoms with Gasteiger partial charge in [-0.1, -0.05) is 61.5 Å². The van der Waals surface area contributed by atoms with E-state index in [1.807, 2.05) is 0 Å². The molecule has 0 saturated carbocycles.